The maximum absolute atomic E-state index is 12.8. The van der Waals surface area contributed by atoms with Crippen LogP contribution in [0.2, 0.25) is 0 Å². The van der Waals surface area contributed by atoms with E-state index in [4.69, 9.17) is 4.74 Å². The van der Waals surface area contributed by atoms with Crippen LogP contribution in [0.5, 0.6) is 0 Å². The smallest absolute Gasteiger partial charge is 0.411 e. The molecule has 3 rings (SSSR count). The van der Waals surface area contributed by atoms with Gasteiger partial charge in [-0.15, -0.1) is 0 Å². The van der Waals surface area contributed by atoms with Gasteiger partial charge in [-0.05, 0) is 72.2 Å². The lowest BCUT2D eigenvalue weighted by Crippen LogP contribution is -2.47. The summed E-state index contributed by atoms with van der Waals surface area (Å²) in [4.78, 5) is 38.3. The lowest BCUT2D eigenvalue weighted by atomic mass is 10.0. The molecule has 182 valence electrons. The lowest BCUT2D eigenvalue weighted by Gasteiger charge is -2.36. The number of carbonyl (C=O) groups is 2. The Morgan fingerprint density at radius 2 is 1.76 bits per heavy atom. The number of benzene rings is 1. The quantitative estimate of drug-likeness (QED) is 0.472. The number of nitrogens with one attached hydrogen (secondary N) is 3. The molecule has 0 saturated carbocycles. The van der Waals surface area contributed by atoms with Gasteiger partial charge in [-0.25, -0.2) is 14.6 Å². The number of imidazole rings is 1. The van der Waals surface area contributed by atoms with Crippen LogP contribution in [0, 0.1) is 0 Å². The van der Waals surface area contributed by atoms with Gasteiger partial charge in [0.25, 0.3) is 0 Å². The predicted octanol–water partition coefficient (Wildman–Crippen LogP) is 5.30. The van der Waals surface area contributed by atoms with Crippen molar-refractivity contribution in [2.75, 3.05) is 11.9 Å². The van der Waals surface area contributed by atoms with Gasteiger partial charge in [0.1, 0.15) is 5.60 Å². The fourth-order valence-electron chi connectivity index (χ4n) is 3.30. The first kappa shape index (κ1) is 25.0. The van der Waals surface area contributed by atoms with E-state index in [0.29, 0.717) is 19.0 Å². The summed E-state index contributed by atoms with van der Waals surface area (Å²) in [5.74, 6) is 0.385. The van der Waals surface area contributed by atoms with Crippen molar-refractivity contribution in [2.45, 2.75) is 66.2 Å². The van der Waals surface area contributed by atoms with E-state index in [1.807, 2.05) is 78.8 Å². The number of hydrogen-bond acceptors (Lipinski definition) is 5. The van der Waals surface area contributed by atoms with E-state index in [1.54, 1.807) is 11.1 Å². The average molecular weight is 467 g/mol. The van der Waals surface area contributed by atoms with E-state index in [9.17, 15) is 9.59 Å². The van der Waals surface area contributed by atoms with Gasteiger partial charge in [-0.3, -0.25) is 15.2 Å². The van der Waals surface area contributed by atoms with Crippen LogP contribution < -0.4 is 10.6 Å². The molecule has 0 aliphatic carbocycles. The second-order valence-corrected chi connectivity index (χ2v) is 10.1. The molecule has 3 amide bonds. The van der Waals surface area contributed by atoms with Gasteiger partial charge in [-0.2, -0.15) is 0 Å². The Morgan fingerprint density at radius 1 is 1.06 bits per heavy atom. The van der Waals surface area contributed by atoms with Gasteiger partial charge in [-0.1, -0.05) is 12.1 Å². The highest BCUT2D eigenvalue weighted by Crippen LogP contribution is 2.25. The number of pyridine rings is 1. The third kappa shape index (κ3) is 6.46. The Balaban J connectivity index is 1.77. The van der Waals surface area contributed by atoms with Crippen molar-refractivity contribution in [1.82, 2.24) is 25.2 Å². The summed E-state index contributed by atoms with van der Waals surface area (Å²) in [6.45, 7) is 14.2. The molecule has 0 spiro atoms. The fourth-order valence-corrected chi connectivity index (χ4v) is 3.30. The van der Waals surface area contributed by atoms with Crippen LogP contribution >= 0.6 is 0 Å². The number of hydrogen-bond donors (Lipinski definition) is 3. The highest BCUT2D eigenvalue weighted by Gasteiger charge is 2.31. The maximum atomic E-state index is 12.8. The van der Waals surface area contributed by atoms with Crippen LogP contribution in [0.1, 0.15) is 54.2 Å². The van der Waals surface area contributed by atoms with Gasteiger partial charge >= 0.3 is 12.1 Å². The van der Waals surface area contributed by atoms with Crippen molar-refractivity contribution in [1.29, 1.82) is 0 Å². The molecule has 9 nitrogen and oxygen atoms in total. The van der Waals surface area contributed by atoms with Crippen molar-refractivity contribution in [3.63, 3.8) is 0 Å². The number of aromatic nitrogens is 3. The number of carbonyl (C=O) groups excluding carboxylic acids is 2. The van der Waals surface area contributed by atoms with E-state index in [0.717, 1.165) is 27.9 Å². The van der Waals surface area contributed by atoms with E-state index in [2.05, 4.69) is 25.6 Å². The zero-order chi connectivity index (χ0) is 25.1. The fraction of sp³-hybridized carbons (Fsp3) is 0.440. The summed E-state index contributed by atoms with van der Waals surface area (Å²) >= 11 is 0. The molecule has 0 unspecified atom stereocenters. The van der Waals surface area contributed by atoms with Crippen LogP contribution in [0.3, 0.4) is 0 Å². The molecule has 0 radical (unpaired) electrons. The van der Waals surface area contributed by atoms with Gasteiger partial charge in [0.15, 0.2) is 0 Å². The summed E-state index contributed by atoms with van der Waals surface area (Å²) in [7, 11) is 0. The molecule has 3 aromatic rings. The number of H-pyrrole nitrogens is 1. The zero-order valence-electron chi connectivity index (χ0n) is 20.9. The van der Waals surface area contributed by atoms with Crippen molar-refractivity contribution in [2.24, 2.45) is 0 Å². The Bertz CT molecular complexity index is 1160. The Hall–Kier alpha value is -3.62. The number of nitrogens with zero attached hydrogens (tertiary/aromatic N) is 3. The molecule has 34 heavy (non-hydrogen) atoms. The number of rotatable bonds is 5. The second kappa shape index (κ2) is 9.70. The molecule has 0 bridgehead atoms. The molecule has 9 heteroatoms. The Morgan fingerprint density at radius 3 is 2.35 bits per heavy atom. The van der Waals surface area contributed by atoms with Gasteiger partial charge in [0.2, 0.25) is 5.95 Å². The number of ether oxygens (including phenoxy) is 1. The highest BCUT2D eigenvalue weighted by molar-refractivity contribution is 5.90. The lowest BCUT2D eigenvalue weighted by molar-refractivity contribution is 0.00336. The molecular formula is C25H34N6O3. The molecule has 0 aliphatic heterocycles. The minimum Gasteiger partial charge on any atom is -0.444 e. The molecule has 0 fully saturated rings. The standard InChI is InChI=1S/C25H34N6O3/c1-8-26-22(32)30-21-28-19-12-10-16(13-20(19)29-21)17-9-11-18(27-14-17)15-31(24(2,3)4)23(33)34-25(5,6)7/h9-14H,8,15H2,1-7H3,(H3,26,28,29,30,32). The number of anilines is 1. The summed E-state index contributed by atoms with van der Waals surface area (Å²) < 4.78 is 5.59. The monoisotopic (exact) mass is 466 g/mol. The highest BCUT2D eigenvalue weighted by atomic mass is 16.6. The molecule has 0 aliphatic rings. The summed E-state index contributed by atoms with van der Waals surface area (Å²) in [5.41, 5.74) is 3.19. The third-order valence-electron chi connectivity index (χ3n) is 4.95. The molecule has 0 saturated heterocycles. The Labute approximate surface area is 200 Å². The van der Waals surface area contributed by atoms with E-state index >= 15 is 0 Å². The van der Waals surface area contributed by atoms with Crippen LogP contribution in [0.15, 0.2) is 36.5 Å². The summed E-state index contributed by atoms with van der Waals surface area (Å²) in [6, 6.07) is 9.40. The number of urea groups is 1. The molecule has 3 N–H and O–H groups in total. The van der Waals surface area contributed by atoms with Gasteiger partial charge in [0.05, 0.1) is 23.3 Å². The van der Waals surface area contributed by atoms with Crippen LogP contribution in [-0.4, -0.2) is 49.7 Å². The van der Waals surface area contributed by atoms with Crippen LogP contribution in [-0.2, 0) is 11.3 Å². The van der Waals surface area contributed by atoms with Crippen molar-refractivity contribution in [3.05, 3.63) is 42.2 Å². The minimum atomic E-state index is -0.571. The Kier molecular flexibility index (Phi) is 7.14. The minimum absolute atomic E-state index is 0.308. The van der Waals surface area contributed by atoms with Crippen molar-refractivity contribution >= 4 is 29.1 Å². The second-order valence-electron chi connectivity index (χ2n) is 10.1. The molecule has 0 atom stereocenters. The molecule has 1 aromatic carbocycles. The number of aromatic amines is 1. The van der Waals surface area contributed by atoms with Crippen molar-refractivity contribution in [3.8, 4) is 11.1 Å². The first-order valence-electron chi connectivity index (χ1n) is 11.4. The van der Waals surface area contributed by atoms with E-state index < -0.39 is 11.1 Å². The SMILES string of the molecule is CCNC(=O)Nc1nc2cc(-c3ccc(CN(C(=O)OC(C)(C)C)C(C)(C)C)nc3)ccc2[nH]1. The first-order chi connectivity index (χ1) is 15.9. The van der Waals surface area contributed by atoms with Crippen LogP contribution in [0.25, 0.3) is 22.2 Å². The third-order valence-corrected chi connectivity index (χ3v) is 4.95. The molecule has 2 heterocycles. The topological polar surface area (TPSA) is 112 Å². The molecule has 2 aromatic heterocycles. The first-order valence-corrected chi connectivity index (χ1v) is 11.4. The number of amides is 3. The average Bonchev–Trinajstić information content (AvgIpc) is 3.11. The largest absolute Gasteiger partial charge is 0.444 e. The predicted molar refractivity (Wildman–Crippen MR) is 134 cm³/mol. The van der Waals surface area contributed by atoms with Crippen molar-refractivity contribution < 1.29 is 14.3 Å². The normalized spacial score (nSPS) is 11.9. The maximum Gasteiger partial charge on any atom is 0.411 e. The summed E-state index contributed by atoms with van der Waals surface area (Å²) in [6.07, 6.45) is 1.42. The van der Waals surface area contributed by atoms with Gasteiger partial charge < -0.3 is 15.0 Å². The number of fused-ring (bicyclic) bond motifs is 1. The molecular weight excluding hydrogens is 432 g/mol. The summed E-state index contributed by atoms with van der Waals surface area (Å²) in [5, 5.41) is 5.35. The van der Waals surface area contributed by atoms with E-state index in [-0.39, 0.29) is 12.1 Å². The van der Waals surface area contributed by atoms with E-state index in [1.165, 1.54) is 0 Å². The zero-order valence-corrected chi connectivity index (χ0v) is 20.9. The van der Waals surface area contributed by atoms with Gasteiger partial charge in [0, 0.05) is 23.8 Å². The van der Waals surface area contributed by atoms with Crippen LogP contribution in [0.4, 0.5) is 15.5 Å².